The number of fused-ring (bicyclic) bond motifs is 9. The van der Waals surface area contributed by atoms with Crippen LogP contribution in [0.2, 0.25) is 0 Å². The van der Waals surface area contributed by atoms with Gasteiger partial charge in [-0.15, -0.1) is 0 Å². The fourth-order valence-corrected chi connectivity index (χ4v) is 8.77. The van der Waals surface area contributed by atoms with Gasteiger partial charge in [-0.05, 0) is 93.5 Å². The number of rotatable bonds is 5. The summed E-state index contributed by atoms with van der Waals surface area (Å²) in [6, 6.07) is 62.9. The molecule has 2 aromatic heterocycles. The van der Waals surface area contributed by atoms with E-state index in [0.29, 0.717) is 0 Å². The Kier molecular flexibility index (Phi) is 6.60. The zero-order valence-electron chi connectivity index (χ0n) is 30.0. The minimum Gasteiger partial charge on any atom is -0.456 e. The highest BCUT2D eigenvalue weighted by molar-refractivity contribution is 6.15. The monoisotopic (exact) mass is 693 g/mol. The van der Waals surface area contributed by atoms with E-state index in [-0.39, 0.29) is 5.41 Å². The molecule has 54 heavy (non-hydrogen) atoms. The molecule has 2 heterocycles. The average Bonchev–Trinajstić information content (AvgIpc) is 3.84. The van der Waals surface area contributed by atoms with E-state index in [2.05, 4.69) is 189 Å². The molecule has 0 aliphatic heterocycles. The Labute approximate surface area is 313 Å². The van der Waals surface area contributed by atoms with Gasteiger partial charge in [0.2, 0.25) is 0 Å². The number of benzene rings is 8. The van der Waals surface area contributed by atoms with Crippen molar-refractivity contribution in [3.05, 3.63) is 187 Å². The molecule has 0 N–H and O–H groups in total. The van der Waals surface area contributed by atoms with E-state index < -0.39 is 0 Å². The van der Waals surface area contributed by atoms with E-state index in [1.807, 2.05) is 6.07 Å². The van der Waals surface area contributed by atoms with Crippen molar-refractivity contribution in [2.24, 2.45) is 0 Å². The summed E-state index contributed by atoms with van der Waals surface area (Å²) in [6.45, 7) is 4.68. The summed E-state index contributed by atoms with van der Waals surface area (Å²) in [6.07, 6.45) is 0. The fourth-order valence-electron chi connectivity index (χ4n) is 8.77. The number of nitrogens with zero attached hydrogens (tertiary/aromatic N) is 1. The summed E-state index contributed by atoms with van der Waals surface area (Å²) in [7, 11) is 0. The van der Waals surface area contributed by atoms with E-state index >= 15 is 0 Å². The molecule has 10 aromatic rings. The van der Waals surface area contributed by atoms with Crippen molar-refractivity contribution in [3.8, 4) is 33.4 Å². The van der Waals surface area contributed by atoms with Crippen LogP contribution in [0.25, 0.3) is 77.3 Å². The summed E-state index contributed by atoms with van der Waals surface area (Å²) in [5.41, 5.74) is 16.5. The third kappa shape index (κ3) is 4.61. The number of hydrogen-bond acceptors (Lipinski definition) is 3. The Morgan fingerprint density at radius 2 is 0.907 bits per heavy atom. The van der Waals surface area contributed by atoms with Crippen molar-refractivity contribution in [3.63, 3.8) is 0 Å². The van der Waals surface area contributed by atoms with Gasteiger partial charge in [-0.1, -0.05) is 129 Å². The van der Waals surface area contributed by atoms with Crippen molar-refractivity contribution >= 4 is 60.9 Å². The minimum absolute atomic E-state index is 0.126. The van der Waals surface area contributed by atoms with Gasteiger partial charge in [-0.2, -0.15) is 0 Å². The van der Waals surface area contributed by atoms with E-state index in [1.54, 1.807) is 0 Å². The van der Waals surface area contributed by atoms with Crippen molar-refractivity contribution < 1.29 is 8.83 Å². The van der Waals surface area contributed by atoms with Gasteiger partial charge >= 0.3 is 0 Å². The standard InChI is InChI=1S/C51H35NO2/c1-51(2)44-19-11-9-18-38(44)39-25-22-35(28-45(39)51)52(46-20-12-10-17-37(46)33-15-7-4-8-16-33)36-23-26-41-43-31-49-42(30-50(43)54-48(41)29-36)40-24-21-34(27-47(40)53-49)32-13-5-3-6-14-32/h3-31H,1-2H3. The lowest BCUT2D eigenvalue weighted by atomic mass is 9.82. The fraction of sp³-hybridized carbons (Fsp3) is 0.0588. The van der Waals surface area contributed by atoms with E-state index in [1.165, 1.54) is 33.4 Å². The molecular formula is C51H35NO2. The summed E-state index contributed by atoms with van der Waals surface area (Å²) in [4.78, 5) is 2.39. The van der Waals surface area contributed by atoms with Crippen LogP contribution in [0.4, 0.5) is 17.1 Å². The number of anilines is 3. The maximum Gasteiger partial charge on any atom is 0.137 e. The van der Waals surface area contributed by atoms with Crippen LogP contribution >= 0.6 is 0 Å². The SMILES string of the molecule is CC1(C)c2ccccc2-c2ccc(N(c3ccc4c(c3)oc3cc5c(cc34)oc3cc(-c4ccccc4)ccc35)c3ccccc3-c3ccccc3)cc21. The highest BCUT2D eigenvalue weighted by Crippen LogP contribution is 2.51. The summed E-state index contributed by atoms with van der Waals surface area (Å²) in [5, 5.41) is 4.23. The van der Waals surface area contributed by atoms with E-state index in [4.69, 9.17) is 8.83 Å². The Bertz CT molecular complexity index is 3080. The molecule has 0 saturated heterocycles. The van der Waals surface area contributed by atoms with Crippen molar-refractivity contribution in [1.82, 2.24) is 0 Å². The summed E-state index contributed by atoms with van der Waals surface area (Å²) in [5.74, 6) is 0. The molecule has 8 aromatic carbocycles. The highest BCUT2D eigenvalue weighted by Gasteiger charge is 2.36. The van der Waals surface area contributed by atoms with Crippen LogP contribution in [0.1, 0.15) is 25.0 Å². The van der Waals surface area contributed by atoms with Gasteiger partial charge < -0.3 is 13.7 Å². The maximum absolute atomic E-state index is 6.73. The number of para-hydroxylation sites is 1. The molecule has 0 atom stereocenters. The highest BCUT2D eigenvalue weighted by atomic mass is 16.3. The first-order chi connectivity index (χ1) is 26.5. The van der Waals surface area contributed by atoms with Crippen molar-refractivity contribution in [1.29, 1.82) is 0 Å². The predicted molar refractivity (Wildman–Crippen MR) is 224 cm³/mol. The van der Waals surface area contributed by atoms with Gasteiger partial charge in [0, 0.05) is 50.0 Å². The molecule has 256 valence electrons. The van der Waals surface area contributed by atoms with Gasteiger partial charge in [0.15, 0.2) is 0 Å². The quantitative estimate of drug-likeness (QED) is 0.180. The maximum atomic E-state index is 6.73. The van der Waals surface area contributed by atoms with Crippen LogP contribution < -0.4 is 4.90 Å². The van der Waals surface area contributed by atoms with Gasteiger partial charge in [-0.25, -0.2) is 0 Å². The smallest absolute Gasteiger partial charge is 0.137 e. The van der Waals surface area contributed by atoms with Crippen molar-refractivity contribution in [2.45, 2.75) is 19.3 Å². The molecule has 0 fully saturated rings. The van der Waals surface area contributed by atoms with Crippen LogP contribution in [0, 0.1) is 0 Å². The van der Waals surface area contributed by atoms with E-state index in [0.717, 1.165) is 72.1 Å². The van der Waals surface area contributed by atoms with E-state index in [9.17, 15) is 0 Å². The average molecular weight is 694 g/mol. The van der Waals surface area contributed by atoms with Crippen LogP contribution in [-0.4, -0.2) is 0 Å². The Morgan fingerprint density at radius 1 is 0.370 bits per heavy atom. The third-order valence-electron chi connectivity index (χ3n) is 11.5. The molecule has 0 bridgehead atoms. The summed E-state index contributed by atoms with van der Waals surface area (Å²) < 4.78 is 13.2. The molecule has 0 amide bonds. The molecular weight excluding hydrogens is 659 g/mol. The summed E-state index contributed by atoms with van der Waals surface area (Å²) >= 11 is 0. The number of furan rings is 2. The van der Waals surface area contributed by atoms with Crippen LogP contribution in [-0.2, 0) is 5.41 Å². The second-order valence-corrected chi connectivity index (χ2v) is 14.9. The first kappa shape index (κ1) is 30.8. The normalized spacial score (nSPS) is 13.1. The Morgan fingerprint density at radius 3 is 1.65 bits per heavy atom. The molecule has 1 aliphatic carbocycles. The topological polar surface area (TPSA) is 29.5 Å². The number of hydrogen-bond donors (Lipinski definition) is 0. The molecule has 11 rings (SSSR count). The van der Waals surface area contributed by atoms with Crippen LogP contribution in [0.5, 0.6) is 0 Å². The molecule has 3 nitrogen and oxygen atoms in total. The molecule has 0 radical (unpaired) electrons. The minimum atomic E-state index is -0.126. The molecule has 3 heteroatoms. The first-order valence-corrected chi connectivity index (χ1v) is 18.6. The second-order valence-electron chi connectivity index (χ2n) is 14.9. The molecule has 0 saturated carbocycles. The zero-order valence-corrected chi connectivity index (χ0v) is 30.0. The second kappa shape index (κ2) is 11.6. The lowest BCUT2D eigenvalue weighted by molar-refractivity contribution is 0.660. The largest absolute Gasteiger partial charge is 0.456 e. The van der Waals surface area contributed by atoms with Crippen LogP contribution in [0.3, 0.4) is 0 Å². The first-order valence-electron chi connectivity index (χ1n) is 18.6. The molecule has 0 spiro atoms. The Hall–Kier alpha value is -6.84. The predicted octanol–water partition coefficient (Wildman–Crippen LogP) is 14.6. The van der Waals surface area contributed by atoms with Crippen LogP contribution in [0.15, 0.2) is 185 Å². The van der Waals surface area contributed by atoms with Gasteiger partial charge in [0.05, 0.1) is 5.69 Å². The van der Waals surface area contributed by atoms with Gasteiger partial charge in [0.1, 0.15) is 22.3 Å². The lowest BCUT2D eigenvalue weighted by Crippen LogP contribution is -2.16. The third-order valence-corrected chi connectivity index (χ3v) is 11.5. The molecule has 0 unspecified atom stereocenters. The molecule has 1 aliphatic rings. The Balaban J connectivity index is 1.08. The zero-order chi connectivity index (χ0) is 36.0. The van der Waals surface area contributed by atoms with Gasteiger partial charge in [0.25, 0.3) is 0 Å². The van der Waals surface area contributed by atoms with Gasteiger partial charge in [-0.3, -0.25) is 0 Å². The van der Waals surface area contributed by atoms with Crippen molar-refractivity contribution in [2.75, 3.05) is 4.90 Å². The lowest BCUT2D eigenvalue weighted by Gasteiger charge is -2.29.